The molecule has 0 heterocycles. The van der Waals surface area contributed by atoms with E-state index in [1.165, 1.54) is 0 Å². The Labute approximate surface area is 68.2 Å². The van der Waals surface area contributed by atoms with Gasteiger partial charge in [0.15, 0.2) is 0 Å². The topological polar surface area (TPSA) is 20.3 Å². The van der Waals surface area contributed by atoms with Crippen molar-refractivity contribution in [3.63, 3.8) is 0 Å². The summed E-state index contributed by atoms with van der Waals surface area (Å²) >= 11 is 0. The van der Waals surface area contributed by atoms with E-state index in [-0.39, 0.29) is 0 Å². The number of hydrogen-bond donors (Lipinski definition) is 0. The van der Waals surface area contributed by atoms with Gasteiger partial charge < -0.3 is 4.90 Å². The Bertz CT molecular complexity index is 120. The van der Waals surface area contributed by atoms with Crippen molar-refractivity contribution in [1.82, 2.24) is 4.90 Å². The lowest BCUT2D eigenvalue weighted by Gasteiger charge is -2.14. The summed E-state index contributed by atoms with van der Waals surface area (Å²) in [6.07, 6.45) is 6.20. The summed E-state index contributed by atoms with van der Waals surface area (Å²) in [5, 5.41) is 0. The van der Waals surface area contributed by atoms with Gasteiger partial charge in [0, 0.05) is 13.1 Å². The number of carbonyl (C=O) groups excluding carboxylic acids is 1. The molecule has 0 aromatic rings. The van der Waals surface area contributed by atoms with Crippen molar-refractivity contribution in [2.45, 2.75) is 12.8 Å². The maximum absolute atomic E-state index is 10.4. The van der Waals surface area contributed by atoms with Crippen molar-refractivity contribution in [2.75, 3.05) is 13.1 Å². The fraction of sp³-hybridized carbons (Fsp3) is 0.444. The Hall–Kier alpha value is -1.05. The van der Waals surface area contributed by atoms with Gasteiger partial charge in [-0.15, -0.1) is 13.2 Å². The van der Waals surface area contributed by atoms with Crippen LogP contribution in [0.3, 0.4) is 0 Å². The van der Waals surface area contributed by atoms with Crippen LogP contribution >= 0.6 is 0 Å². The number of rotatable bonds is 7. The number of hydrogen-bond acceptors (Lipinski definition) is 1. The Morgan fingerprint density at radius 1 is 1.09 bits per heavy atom. The molecule has 11 heavy (non-hydrogen) atoms. The summed E-state index contributed by atoms with van der Waals surface area (Å²) < 4.78 is 0. The average Bonchev–Trinajstić information content (AvgIpc) is 2.05. The maximum Gasteiger partial charge on any atom is 0.209 e. The molecule has 0 atom stereocenters. The van der Waals surface area contributed by atoms with Gasteiger partial charge in [-0.1, -0.05) is 12.2 Å². The number of amides is 1. The normalized spacial score (nSPS) is 8.73. The molecule has 0 fully saturated rings. The average molecular weight is 153 g/mol. The number of carbonyl (C=O) groups is 1. The summed E-state index contributed by atoms with van der Waals surface area (Å²) in [5.74, 6) is 0. The standard InChI is InChI=1S/C9H15NO/c1-3-5-7-10(9-11)8-6-4-2/h3-4,9H,1-2,5-8H2. The highest BCUT2D eigenvalue weighted by Gasteiger charge is 1.96. The van der Waals surface area contributed by atoms with Crippen molar-refractivity contribution >= 4 is 6.41 Å². The molecule has 0 radical (unpaired) electrons. The minimum Gasteiger partial charge on any atom is -0.345 e. The maximum atomic E-state index is 10.4. The van der Waals surface area contributed by atoms with E-state index in [4.69, 9.17) is 0 Å². The Kier molecular flexibility index (Phi) is 6.39. The zero-order valence-corrected chi connectivity index (χ0v) is 6.83. The molecule has 0 N–H and O–H groups in total. The van der Waals surface area contributed by atoms with Gasteiger partial charge in [-0.3, -0.25) is 4.79 Å². The molecule has 0 aliphatic heterocycles. The first kappa shape index (κ1) is 9.95. The second kappa shape index (κ2) is 7.06. The molecule has 0 aliphatic carbocycles. The molecule has 0 aliphatic rings. The summed E-state index contributed by atoms with van der Waals surface area (Å²) in [4.78, 5) is 12.1. The first-order chi connectivity index (χ1) is 5.35. The molecule has 2 nitrogen and oxygen atoms in total. The van der Waals surface area contributed by atoms with Crippen LogP contribution in [0.2, 0.25) is 0 Å². The van der Waals surface area contributed by atoms with Crippen LogP contribution in [0.1, 0.15) is 12.8 Å². The first-order valence-electron chi connectivity index (χ1n) is 3.76. The summed E-state index contributed by atoms with van der Waals surface area (Å²) in [5.41, 5.74) is 0. The highest BCUT2D eigenvalue weighted by atomic mass is 16.1. The van der Waals surface area contributed by atoms with Crippen LogP contribution in [0.5, 0.6) is 0 Å². The third-order valence-electron chi connectivity index (χ3n) is 1.39. The molecule has 0 rings (SSSR count). The van der Waals surface area contributed by atoms with Crippen molar-refractivity contribution in [1.29, 1.82) is 0 Å². The van der Waals surface area contributed by atoms with E-state index in [2.05, 4.69) is 13.2 Å². The van der Waals surface area contributed by atoms with E-state index in [9.17, 15) is 4.79 Å². The molecule has 2 heteroatoms. The van der Waals surface area contributed by atoms with E-state index in [0.717, 1.165) is 32.3 Å². The van der Waals surface area contributed by atoms with E-state index in [0.29, 0.717) is 0 Å². The van der Waals surface area contributed by atoms with Gasteiger partial charge in [0.2, 0.25) is 6.41 Å². The van der Waals surface area contributed by atoms with Crippen LogP contribution in [-0.4, -0.2) is 24.4 Å². The first-order valence-corrected chi connectivity index (χ1v) is 3.76. The van der Waals surface area contributed by atoms with Gasteiger partial charge in [0.1, 0.15) is 0 Å². The summed E-state index contributed by atoms with van der Waals surface area (Å²) in [6, 6.07) is 0. The molecule has 0 unspecified atom stereocenters. The van der Waals surface area contributed by atoms with E-state index >= 15 is 0 Å². The molecule has 0 saturated heterocycles. The fourth-order valence-electron chi connectivity index (χ4n) is 0.731. The number of nitrogens with zero attached hydrogens (tertiary/aromatic N) is 1. The molecule has 1 amide bonds. The van der Waals surface area contributed by atoms with Gasteiger partial charge in [-0.25, -0.2) is 0 Å². The molecule has 62 valence electrons. The second-order valence-electron chi connectivity index (χ2n) is 2.30. The third-order valence-corrected chi connectivity index (χ3v) is 1.39. The zero-order valence-electron chi connectivity index (χ0n) is 6.83. The van der Waals surface area contributed by atoms with Crippen LogP contribution in [0.25, 0.3) is 0 Å². The minimum absolute atomic E-state index is 0.765. The largest absolute Gasteiger partial charge is 0.345 e. The minimum atomic E-state index is 0.765. The fourth-order valence-corrected chi connectivity index (χ4v) is 0.731. The van der Waals surface area contributed by atoms with Crippen molar-refractivity contribution in [2.24, 2.45) is 0 Å². The molecule has 0 spiro atoms. The molecule has 0 saturated carbocycles. The van der Waals surface area contributed by atoms with E-state index in [1.807, 2.05) is 12.2 Å². The third kappa shape index (κ3) is 5.40. The molecule has 0 aromatic heterocycles. The molecule has 0 bridgehead atoms. The zero-order chi connectivity index (χ0) is 8.53. The predicted molar refractivity (Wildman–Crippen MR) is 47.3 cm³/mol. The Morgan fingerprint density at radius 3 is 1.82 bits per heavy atom. The SMILES string of the molecule is C=CCCN(C=O)CCC=C. The summed E-state index contributed by atoms with van der Waals surface area (Å²) in [6.45, 7) is 8.70. The molecular formula is C9H15NO. The quantitative estimate of drug-likeness (QED) is 0.402. The lowest BCUT2D eigenvalue weighted by Crippen LogP contribution is -2.23. The van der Waals surface area contributed by atoms with Crippen LogP contribution in [-0.2, 0) is 4.79 Å². The van der Waals surface area contributed by atoms with Gasteiger partial charge in [-0.05, 0) is 12.8 Å². The van der Waals surface area contributed by atoms with E-state index < -0.39 is 0 Å². The van der Waals surface area contributed by atoms with Crippen molar-refractivity contribution < 1.29 is 4.79 Å². The van der Waals surface area contributed by atoms with Crippen molar-refractivity contribution in [3.05, 3.63) is 25.3 Å². The van der Waals surface area contributed by atoms with Crippen LogP contribution in [0.4, 0.5) is 0 Å². The van der Waals surface area contributed by atoms with Gasteiger partial charge >= 0.3 is 0 Å². The monoisotopic (exact) mass is 153 g/mol. The Balaban J connectivity index is 3.47. The van der Waals surface area contributed by atoms with E-state index in [1.54, 1.807) is 4.90 Å². The van der Waals surface area contributed by atoms with Gasteiger partial charge in [-0.2, -0.15) is 0 Å². The molecule has 0 aromatic carbocycles. The highest BCUT2D eigenvalue weighted by Crippen LogP contribution is 1.91. The van der Waals surface area contributed by atoms with Gasteiger partial charge in [0.25, 0.3) is 0 Å². The highest BCUT2D eigenvalue weighted by molar-refractivity contribution is 5.46. The Morgan fingerprint density at radius 2 is 1.55 bits per heavy atom. The lowest BCUT2D eigenvalue weighted by atomic mass is 10.3. The summed E-state index contributed by atoms with van der Waals surface area (Å²) in [7, 11) is 0. The van der Waals surface area contributed by atoms with Crippen molar-refractivity contribution in [3.8, 4) is 0 Å². The smallest absolute Gasteiger partial charge is 0.209 e. The predicted octanol–water partition coefficient (Wildman–Crippen LogP) is 1.60. The lowest BCUT2D eigenvalue weighted by molar-refractivity contribution is -0.118. The van der Waals surface area contributed by atoms with Crippen LogP contribution in [0, 0.1) is 0 Å². The molecular weight excluding hydrogens is 138 g/mol. The second-order valence-corrected chi connectivity index (χ2v) is 2.30. The van der Waals surface area contributed by atoms with Gasteiger partial charge in [0.05, 0.1) is 0 Å². The van der Waals surface area contributed by atoms with Crippen LogP contribution < -0.4 is 0 Å². The van der Waals surface area contributed by atoms with Crippen LogP contribution in [0.15, 0.2) is 25.3 Å².